The van der Waals surface area contributed by atoms with Crippen molar-refractivity contribution in [2.75, 3.05) is 0 Å². The molecule has 0 aromatic carbocycles. The zero-order valence-corrected chi connectivity index (χ0v) is 72.2. The Bertz CT molecular complexity index is 655. The molecule has 0 heterocycles. The first-order valence-corrected chi connectivity index (χ1v) is 23.4. The fourth-order valence-electron chi connectivity index (χ4n) is 0. The molecule has 0 aliphatic heterocycles. The summed E-state index contributed by atoms with van der Waals surface area (Å²) in [6.45, 7) is 0. The maximum atomic E-state index is 8.74. The maximum absolute atomic E-state index is 8.74. The Morgan fingerprint density at radius 1 is 0.118 bits per heavy atom. The molecule has 85 heavy (non-hydrogen) atoms. The van der Waals surface area contributed by atoms with E-state index in [4.69, 9.17) is 169 Å². The Labute approximate surface area is 711 Å². The van der Waals surface area contributed by atoms with Crippen molar-refractivity contribution in [1.29, 1.82) is 0 Å². The van der Waals surface area contributed by atoms with E-state index in [1.807, 2.05) is 0 Å². The molecule has 440 valence electrons. The van der Waals surface area contributed by atoms with Crippen molar-refractivity contribution < 1.29 is 234 Å². The molecule has 16 radical (unpaired) electrons. The molecule has 0 aliphatic carbocycles. The van der Waals surface area contributed by atoms with Crippen molar-refractivity contribution in [3.63, 3.8) is 0 Å². The van der Waals surface area contributed by atoms with Gasteiger partial charge >= 0.3 is 388 Å². The minimum atomic E-state index is -3.13. The first kappa shape index (κ1) is 422. The van der Waals surface area contributed by atoms with Crippen LogP contribution in [0.3, 0.4) is 0 Å². The second kappa shape index (κ2) is 408. The number of rotatable bonds is 0. The normalized spacial score (nSPS) is 3.39. The molecule has 85 heteroatoms. The largest absolute Gasteiger partial charge is 3.00 e. The van der Waals surface area contributed by atoms with Crippen molar-refractivity contribution in [2.24, 2.45) is 0 Å². The van der Waals surface area contributed by atoms with E-state index in [1.54, 1.807) is 0 Å². The van der Waals surface area contributed by atoms with E-state index in [-0.39, 0.29) is 442 Å². The standard InChI is InChI=1S/16Al.12H2O3Si.12O.5H4Si.4Si/c;;;;;;;;;;;;;;;;12*1-4(2)3;;;;;;;;;;;;;;;;;;;;;/h;;;;;;;;;;;;;;;;12*1-2H;;;;;;;;;;;;;5*1H4;;;;/q16*+3;;;;;;;;;;;;;12*-2;;;;;;;;;. The predicted octanol–water partition coefficient (Wildman–Crippen LogP) is -35.7. The summed E-state index contributed by atoms with van der Waals surface area (Å²) in [6.07, 6.45) is 0. The van der Waals surface area contributed by atoms with Crippen molar-refractivity contribution >= 4 is 487 Å². The van der Waals surface area contributed by atoms with Crippen LogP contribution in [-0.2, 0) is 119 Å². The SMILES string of the molecule is O=[Si](O)O.O=[Si](O)O.O=[Si](O)O.O=[Si](O)O.O=[Si](O)O.O=[Si](O)O.O=[Si](O)O.O=[Si](O)O.O=[Si](O)O.O=[Si](O)O.O=[Si](O)O.O=[Si](O)O.[Al+3].[Al+3].[Al+3].[Al+3].[Al+3].[Al+3].[Al+3].[Al+3].[Al+3].[Al+3].[Al+3].[Al+3].[Al+3].[Al+3].[Al+3].[Al+3].[O-2].[O-2].[O-2].[O-2].[O-2].[O-2].[O-2].[O-2].[O-2].[O-2].[O-2].[O-2].[SiH4].[SiH4].[SiH4].[SiH4].[SiH4].[Si].[Si].[Si].[Si]. The Morgan fingerprint density at radius 3 is 0.118 bits per heavy atom. The van der Waals surface area contributed by atoms with Crippen LogP contribution in [0.2, 0.25) is 0 Å². The Hall–Kier alpha value is 5.39. The molecule has 0 saturated carbocycles. The van der Waals surface area contributed by atoms with Gasteiger partial charge in [0, 0.05) is 43.9 Å². The van der Waals surface area contributed by atoms with Gasteiger partial charge < -0.3 is 181 Å². The van der Waals surface area contributed by atoms with Gasteiger partial charge in [-0.25, -0.2) is 0 Å². The average molecular weight is 1830 g/mol. The van der Waals surface area contributed by atoms with E-state index in [2.05, 4.69) is 0 Å². The van der Waals surface area contributed by atoms with Crippen LogP contribution in [0.15, 0.2) is 0 Å². The van der Waals surface area contributed by atoms with Gasteiger partial charge in [-0.15, -0.1) is 0 Å². The molecule has 0 fully saturated rings. The summed E-state index contributed by atoms with van der Waals surface area (Å²) in [6, 6.07) is 0. The van der Waals surface area contributed by atoms with Crippen molar-refractivity contribution in [3.8, 4) is 0 Å². The quantitative estimate of drug-likeness (QED) is 0.100. The van der Waals surface area contributed by atoms with Crippen LogP contribution in [0.25, 0.3) is 0 Å². The number of hydrogen-bond donors (Lipinski definition) is 24. The minimum Gasteiger partial charge on any atom is -2.00 e. The van der Waals surface area contributed by atoms with Crippen molar-refractivity contribution in [3.05, 3.63) is 0 Å². The molecule has 0 unspecified atom stereocenters. The summed E-state index contributed by atoms with van der Waals surface area (Å²) >= 11 is 0. The summed E-state index contributed by atoms with van der Waals surface area (Å²) < 4.78 is 105. The summed E-state index contributed by atoms with van der Waals surface area (Å²) in [5.74, 6) is 0. The second-order valence-corrected chi connectivity index (χ2v) is 10.2. The van der Waals surface area contributed by atoms with E-state index >= 15 is 0 Å². The van der Waals surface area contributed by atoms with E-state index in [1.165, 1.54) is 0 Å². The molecule has 0 saturated heterocycles. The topological polar surface area (TPSA) is 1030 Å². The average Bonchev–Trinajstić information content (AvgIpc) is 2.61. The fourth-order valence-corrected chi connectivity index (χ4v) is 0. The molecule has 0 aliphatic rings. The molecular formula is H44Al16O48Si21+24. The van der Waals surface area contributed by atoms with Crippen LogP contribution in [0.4, 0.5) is 0 Å². The molecule has 0 rings (SSSR count). The molecule has 0 atom stereocenters. The molecule has 48 nitrogen and oxygen atoms in total. The second-order valence-electron chi connectivity index (χ2n) is 3.39. The number of hydrogen-bond acceptors (Lipinski definition) is 12. The van der Waals surface area contributed by atoms with Gasteiger partial charge in [0.2, 0.25) is 0 Å². The minimum absolute atomic E-state index is 0. The first-order chi connectivity index (χ1) is 20.8. The van der Waals surface area contributed by atoms with Crippen molar-refractivity contribution in [2.45, 2.75) is 0 Å². The van der Waals surface area contributed by atoms with E-state index < -0.39 is 110 Å². The summed E-state index contributed by atoms with van der Waals surface area (Å²) in [5.41, 5.74) is 0. The van der Waals surface area contributed by atoms with Crippen LogP contribution in [0.5, 0.6) is 0 Å². The fraction of sp³-hybridized carbons (Fsp3) is 0. The van der Waals surface area contributed by atoms with E-state index in [0.29, 0.717) is 0 Å². The summed E-state index contributed by atoms with van der Waals surface area (Å²) in [7, 11) is -37.6. The molecule has 0 amide bonds. The zero-order chi connectivity index (χ0) is 42.9. The third-order valence-corrected chi connectivity index (χ3v) is 0. The molecule has 24 N–H and O–H groups in total. The van der Waals surface area contributed by atoms with Gasteiger partial charge in [0.15, 0.2) is 0 Å². The monoisotopic (exact) mass is 1830 g/mol. The van der Waals surface area contributed by atoms with Gasteiger partial charge in [0.05, 0.1) is 0 Å². The van der Waals surface area contributed by atoms with E-state index in [9.17, 15) is 0 Å². The summed E-state index contributed by atoms with van der Waals surface area (Å²) in [4.78, 5) is 172. The molecule has 0 bridgehead atoms. The third-order valence-electron chi connectivity index (χ3n) is 0. The molecule has 0 aromatic rings. The van der Waals surface area contributed by atoms with Crippen molar-refractivity contribution in [1.82, 2.24) is 0 Å². The Morgan fingerprint density at radius 2 is 0.118 bits per heavy atom. The smallest absolute Gasteiger partial charge is 2.00 e. The maximum Gasteiger partial charge on any atom is 3.00 e. The van der Waals surface area contributed by atoms with Gasteiger partial charge in [-0.3, -0.25) is 53.5 Å². The Kier molecular flexibility index (Phi) is 2020. The van der Waals surface area contributed by atoms with Crippen LogP contribution >= 0.6 is 0 Å². The van der Waals surface area contributed by atoms with Gasteiger partial charge in [-0.05, 0) is 54.8 Å². The molecule has 0 aromatic heterocycles. The third kappa shape index (κ3) is 23500. The summed E-state index contributed by atoms with van der Waals surface area (Å²) in [5, 5.41) is 0. The zero-order valence-electron chi connectivity index (χ0n) is 37.8. The predicted molar refractivity (Wildman–Crippen MR) is 311 cm³/mol. The van der Waals surface area contributed by atoms with Gasteiger partial charge in [0.1, 0.15) is 0 Å². The van der Waals surface area contributed by atoms with Crippen LogP contribution in [0.1, 0.15) is 0 Å². The van der Waals surface area contributed by atoms with Crippen LogP contribution < -0.4 is 0 Å². The molecular weight excluding hydrogens is 1790 g/mol. The van der Waals surface area contributed by atoms with Gasteiger partial charge in [-0.1, -0.05) is 0 Å². The van der Waals surface area contributed by atoms with Crippen LogP contribution in [-0.4, -0.2) is 602 Å². The van der Waals surface area contributed by atoms with Crippen LogP contribution in [0, 0.1) is 0 Å². The Balaban J connectivity index is -0.00000000340. The molecule has 0 spiro atoms. The van der Waals surface area contributed by atoms with Gasteiger partial charge in [0.25, 0.3) is 0 Å². The first-order valence-electron chi connectivity index (χ1n) is 7.82. The van der Waals surface area contributed by atoms with Gasteiger partial charge in [-0.2, -0.15) is 0 Å². The van der Waals surface area contributed by atoms with E-state index in [0.717, 1.165) is 0 Å².